The van der Waals surface area contributed by atoms with Gasteiger partial charge in [-0.05, 0) is 73.9 Å². The molecule has 0 bridgehead atoms. The molecule has 1 saturated heterocycles. The third-order valence-electron chi connectivity index (χ3n) is 7.35. The number of carbonyl (C=O) groups is 3. The molecule has 1 fully saturated rings. The number of carbonyl (C=O) groups excluding carboxylic acids is 3. The van der Waals surface area contributed by atoms with Gasteiger partial charge in [-0.15, -0.1) is 0 Å². The van der Waals surface area contributed by atoms with E-state index in [1.54, 1.807) is 24.3 Å². The molecule has 3 amide bonds. The standard InChI is InChI=1S/C30H42N6O7/c31-30(32)33-15-1-3-21(18-37)34-27(41)25-4-2-16-36(25)29(43)24(14-9-19-5-10-22(38)11-6-19)35-28(42)26(40)17-20-7-12-23(39)13-8-20/h5-8,10-13,21,24-26,37-40H,1-4,9,14-18H2,(H,34,41)(H,35,42)(H4,31,32,33). The second-order valence-electron chi connectivity index (χ2n) is 10.7. The van der Waals surface area contributed by atoms with Crippen molar-refractivity contribution in [2.24, 2.45) is 16.5 Å². The summed E-state index contributed by atoms with van der Waals surface area (Å²) in [6.45, 7) is 0.370. The number of aliphatic hydroxyl groups is 2. The van der Waals surface area contributed by atoms with Crippen molar-refractivity contribution in [2.75, 3.05) is 19.7 Å². The van der Waals surface area contributed by atoms with Crippen molar-refractivity contribution in [1.82, 2.24) is 15.5 Å². The normalized spacial score (nSPS) is 16.6. The van der Waals surface area contributed by atoms with Gasteiger partial charge >= 0.3 is 0 Å². The van der Waals surface area contributed by atoms with E-state index in [-0.39, 0.29) is 36.9 Å². The first-order valence-electron chi connectivity index (χ1n) is 14.4. The van der Waals surface area contributed by atoms with Crippen LogP contribution in [0.1, 0.15) is 43.2 Å². The van der Waals surface area contributed by atoms with Gasteiger partial charge in [0.2, 0.25) is 17.7 Å². The summed E-state index contributed by atoms with van der Waals surface area (Å²) < 4.78 is 0. The number of amides is 3. The number of hydrogen-bond acceptors (Lipinski definition) is 8. The second-order valence-corrected chi connectivity index (χ2v) is 10.7. The molecule has 13 heteroatoms. The lowest BCUT2D eigenvalue weighted by Gasteiger charge is -2.30. The first kappa shape index (κ1) is 33.1. The zero-order chi connectivity index (χ0) is 31.4. The van der Waals surface area contributed by atoms with Gasteiger partial charge in [-0.1, -0.05) is 24.3 Å². The van der Waals surface area contributed by atoms with Crippen molar-refractivity contribution in [1.29, 1.82) is 0 Å². The molecule has 3 rings (SSSR count). The Morgan fingerprint density at radius 3 is 2.19 bits per heavy atom. The zero-order valence-electron chi connectivity index (χ0n) is 24.1. The van der Waals surface area contributed by atoms with Crippen LogP contribution in [0, 0.1) is 0 Å². The Morgan fingerprint density at radius 2 is 1.58 bits per heavy atom. The summed E-state index contributed by atoms with van der Waals surface area (Å²) in [6, 6.07) is 10.2. The molecule has 4 atom stereocenters. The van der Waals surface area contributed by atoms with Gasteiger partial charge in [0, 0.05) is 19.5 Å². The Bertz CT molecular complexity index is 1230. The lowest BCUT2D eigenvalue weighted by molar-refractivity contribution is -0.143. The number of nitrogens with two attached hydrogens (primary N) is 2. The summed E-state index contributed by atoms with van der Waals surface area (Å²) in [5.74, 6) is -1.46. The predicted molar refractivity (Wildman–Crippen MR) is 160 cm³/mol. The Morgan fingerprint density at radius 1 is 0.953 bits per heavy atom. The summed E-state index contributed by atoms with van der Waals surface area (Å²) in [4.78, 5) is 45.4. The van der Waals surface area contributed by atoms with E-state index in [2.05, 4.69) is 15.6 Å². The highest BCUT2D eigenvalue weighted by molar-refractivity contribution is 5.93. The van der Waals surface area contributed by atoms with Crippen LogP contribution in [0.3, 0.4) is 0 Å². The number of hydrogen-bond donors (Lipinski definition) is 8. The number of aromatic hydroxyl groups is 2. The van der Waals surface area contributed by atoms with Crippen molar-refractivity contribution in [3.63, 3.8) is 0 Å². The SMILES string of the molecule is NC(N)=NCCCC(CO)NC(=O)C1CCCN1C(=O)C(CCc1ccc(O)cc1)NC(=O)C(O)Cc1ccc(O)cc1. The highest BCUT2D eigenvalue weighted by atomic mass is 16.3. The van der Waals surface area contributed by atoms with Crippen molar-refractivity contribution >= 4 is 23.7 Å². The van der Waals surface area contributed by atoms with Crippen molar-refractivity contribution in [3.8, 4) is 11.5 Å². The molecule has 1 aliphatic rings. The minimum Gasteiger partial charge on any atom is -0.508 e. The smallest absolute Gasteiger partial charge is 0.249 e. The van der Waals surface area contributed by atoms with E-state index in [4.69, 9.17) is 11.5 Å². The Hall–Kier alpha value is -4.36. The molecule has 0 spiro atoms. The van der Waals surface area contributed by atoms with E-state index in [0.717, 1.165) is 5.56 Å². The first-order chi connectivity index (χ1) is 20.6. The van der Waals surface area contributed by atoms with Crippen LogP contribution in [0.4, 0.5) is 0 Å². The number of phenols is 2. The summed E-state index contributed by atoms with van der Waals surface area (Å²) in [5, 5.41) is 45.0. The van der Waals surface area contributed by atoms with E-state index in [9.17, 15) is 34.8 Å². The van der Waals surface area contributed by atoms with Crippen molar-refractivity contribution in [3.05, 3.63) is 59.7 Å². The van der Waals surface area contributed by atoms with Gasteiger partial charge in [-0.3, -0.25) is 19.4 Å². The molecule has 234 valence electrons. The number of benzene rings is 2. The van der Waals surface area contributed by atoms with Crippen LogP contribution >= 0.6 is 0 Å². The van der Waals surface area contributed by atoms with E-state index in [0.29, 0.717) is 50.8 Å². The van der Waals surface area contributed by atoms with Gasteiger partial charge < -0.3 is 47.4 Å². The summed E-state index contributed by atoms with van der Waals surface area (Å²) in [7, 11) is 0. The maximum atomic E-state index is 13.8. The molecule has 1 heterocycles. The molecule has 0 aromatic heterocycles. The first-order valence-corrected chi connectivity index (χ1v) is 14.4. The fourth-order valence-corrected chi connectivity index (χ4v) is 5.00. The predicted octanol–water partition coefficient (Wildman–Crippen LogP) is -0.359. The number of rotatable bonds is 15. The van der Waals surface area contributed by atoms with Crippen LogP contribution in [0.25, 0.3) is 0 Å². The fourth-order valence-electron chi connectivity index (χ4n) is 5.00. The molecule has 43 heavy (non-hydrogen) atoms. The number of nitrogens with one attached hydrogen (secondary N) is 2. The molecule has 13 nitrogen and oxygen atoms in total. The number of aliphatic hydroxyl groups excluding tert-OH is 2. The van der Waals surface area contributed by atoms with Gasteiger partial charge in [-0.25, -0.2) is 0 Å². The number of aryl methyl sites for hydroxylation is 1. The van der Waals surface area contributed by atoms with Crippen molar-refractivity contribution < 1.29 is 34.8 Å². The number of nitrogens with zero attached hydrogens (tertiary/aromatic N) is 2. The maximum Gasteiger partial charge on any atom is 0.249 e. The van der Waals surface area contributed by atoms with Crippen LogP contribution in [0.2, 0.25) is 0 Å². The fraction of sp³-hybridized carbons (Fsp3) is 0.467. The van der Waals surface area contributed by atoms with Gasteiger partial charge in [0.15, 0.2) is 5.96 Å². The van der Waals surface area contributed by atoms with Crippen LogP contribution < -0.4 is 22.1 Å². The molecular weight excluding hydrogens is 556 g/mol. The van der Waals surface area contributed by atoms with E-state index >= 15 is 0 Å². The molecule has 10 N–H and O–H groups in total. The van der Waals surface area contributed by atoms with E-state index < -0.39 is 42.0 Å². The number of guanidine groups is 1. The topological polar surface area (TPSA) is 224 Å². The zero-order valence-corrected chi connectivity index (χ0v) is 24.1. The lowest BCUT2D eigenvalue weighted by atomic mass is 10.0. The molecule has 2 aromatic rings. The average molecular weight is 599 g/mol. The highest BCUT2D eigenvalue weighted by Crippen LogP contribution is 2.21. The minimum absolute atomic E-state index is 0.0224. The summed E-state index contributed by atoms with van der Waals surface area (Å²) >= 11 is 0. The summed E-state index contributed by atoms with van der Waals surface area (Å²) in [6.07, 6.45) is 1.08. The van der Waals surface area contributed by atoms with Crippen LogP contribution in [0.15, 0.2) is 53.5 Å². The Balaban J connectivity index is 1.69. The third kappa shape index (κ3) is 10.5. The monoisotopic (exact) mass is 598 g/mol. The molecule has 0 saturated carbocycles. The molecule has 0 radical (unpaired) electrons. The summed E-state index contributed by atoms with van der Waals surface area (Å²) in [5.41, 5.74) is 12.1. The Labute approximate surface area is 250 Å². The average Bonchev–Trinajstić information content (AvgIpc) is 3.48. The Kier molecular flexibility index (Phi) is 12.6. The molecular formula is C30H42N6O7. The third-order valence-corrected chi connectivity index (χ3v) is 7.35. The number of aliphatic imine (C=N–C) groups is 1. The van der Waals surface area contributed by atoms with Gasteiger partial charge in [0.25, 0.3) is 0 Å². The van der Waals surface area contributed by atoms with Crippen molar-refractivity contribution in [2.45, 2.75) is 69.2 Å². The molecule has 1 aliphatic heterocycles. The largest absolute Gasteiger partial charge is 0.508 e. The molecule has 0 aliphatic carbocycles. The molecule has 4 unspecified atom stereocenters. The lowest BCUT2D eigenvalue weighted by Crippen LogP contribution is -2.56. The maximum absolute atomic E-state index is 13.8. The quantitative estimate of drug-likeness (QED) is 0.0760. The van der Waals surface area contributed by atoms with Gasteiger partial charge in [-0.2, -0.15) is 0 Å². The van der Waals surface area contributed by atoms with Crippen LogP contribution in [-0.4, -0.2) is 92.9 Å². The van der Waals surface area contributed by atoms with Crippen LogP contribution in [-0.2, 0) is 27.2 Å². The van der Waals surface area contributed by atoms with E-state index in [1.807, 2.05) is 0 Å². The van der Waals surface area contributed by atoms with E-state index in [1.165, 1.54) is 29.2 Å². The van der Waals surface area contributed by atoms with Gasteiger partial charge in [0.05, 0.1) is 12.6 Å². The second kappa shape index (κ2) is 16.3. The number of likely N-dealkylation sites (tertiary alicyclic amines) is 1. The minimum atomic E-state index is -1.45. The van der Waals surface area contributed by atoms with Crippen LogP contribution in [0.5, 0.6) is 11.5 Å². The highest BCUT2D eigenvalue weighted by Gasteiger charge is 2.38. The number of phenolic OH excluding ortho intramolecular Hbond substituents is 2. The molecule has 2 aromatic carbocycles. The van der Waals surface area contributed by atoms with Gasteiger partial charge in [0.1, 0.15) is 29.7 Å².